The maximum Gasteiger partial charge on any atom is 0.409 e. The van der Waals surface area contributed by atoms with Crippen molar-refractivity contribution < 1.29 is 23.8 Å². The number of methoxy groups -OCH3 is 1. The predicted molar refractivity (Wildman–Crippen MR) is 110 cm³/mol. The number of nitrogen functional groups attached to an aromatic ring is 1. The summed E-state index contributed by atoms with van der Waals surface area (Å²) < 4.78 is 16.6. The van der Waals surface area contributed by atoms with Gasteiger partial charge in [0, 0.05) is 25.6 Å². The van der Waals surface area contributed by atoms with E-state index in [1.54, 1.807) is 25.0 Å². The van der Waals surface area contributed by atoms with E-state index in [0.717, 1.165) is 5.56 Å². The summed E-state index contributed by atoms with van der Waals surface area (Å²) in [7, 11) is 1.56. The van der Waals surface area contributed by atoms with Gasteiger partial charge >= 0.3 is 6.09 Å². The number of anilines is 1. The first-order chi connectivity index (χ1) is 13.7. The Morgan fingerprint density at radius 2 is 2.17 bits per heavy atom. The first-order valence-corrected chi connectivity index (χ1v) is 10.1. The molecule has 29 heavy (non-hydrogen) atoms. The summed E-state index contributed by atoms with van der Waals surface area (Å²) in [6, 6.07) is 1.28. The van der Waals surface area contributed by atoms with Gasteiger partial charge in [-0.1, -0.05) is 11.6 Å². The van der Waals surface area contributed by atoms with Crippen LogP contribution in [0, 0.1) is 0 Å². The normalized spacial score (nSPS) is 22.6. The van der Waals surface area contributed by atoms with Crippen molar-refractivity contribution in [2.75, 3.05) is 32.5 Å². The molecule has 0 saturated carbocycles. The maximum atomic E-state index is 13.1. The zero-order chi connectivity index (χ0) is 21.3. The van der Waals surface area contributed by atoms with E-state index in [1.807, 2.05) is 13.8 Å². The van der Waals surface area contributed by atoms with Gasteiger partial charge in [-0.25, -0.2) is 4.79 Å². The van der Waals surface area contributed by atoms with Crippen LogP contribution in [0.1, 0.15) is 43.1 Å². The van der Waals surface area contributed by atoms with Crippen molar-refractivity contribution in [3.8, 4) is 5.75 Å². The van der Waals surface area contributed by atoms with Gasteiger partial charge in [-0.15, -0.1) is 0 Å². The molecule has 8 nitrogen and oxygen atoms in total. The maximum absolute atomic E-state index is 13.1. The van der Waals surface area contributed by atoms with Crippen molar-refractivity contribution in [3.05, 3.63) is 22.2 Å². The van der Waals surface area contributed by atoms with E-state index < -0.39 is 5.60 Å². The quantitative estimate of drug-likeness (QED) is 0.719. The number of hydrogen-bond acceptors (Lipinski definition) is 6. The molecule has 3 rings (SSSR count). The standard InChI is InChI=1S/C20H28ClN3O5/c1-5-28-19(26)24-7-6-14(15(10-24)27-4)23-18(25)11-8-13(21)16(22)12-9-20(2,3)29-17(11)12/h8,14-15H,5-7,9-10,22H2,1-4H3,(H,23,25). The number of hydrogen-bond donors (Lipinski definition) is 2. The van der Waals surface area contributed by atoms with Crippen LogP contribution in [-0.2, 0) is 15.9 Å². The third-order valence-corrected chi connectivity index (χ3v) is 5.61. The molecule has 2 aliphatic heterocycles. The molecule has 0 aliphatic carbocycles. The van der Waals surface area contributed by atoms with Gasteiger partial charge in [0.15, 0.2) is 0 Å². The number of fused-ring (bicyclic) bond motifs is 1. The van der Waals surface area contributed by atoms with Gasteiger partial charge in [0.1, 0.15) is 11.4 Å². The van der Waals surface area contributed by atoms with Crippen molar-refractivity contribution in [2.24, 2.45) is 0 Å². The number of ether oxygens (including phenoxy) is 3. The molecule has 9 heteroatoms. The number of piperidine rings is 1. The van der Waals surface area contributed by atoms with Gasteiger partial charge < -0.3 is 30.2 Å². The lowest BCUT2D eigenvalue weighted by Crippen LogP contribution is -2.56. The molecule has 0 aromatic heterocycles. The van der Waals surface area contributed by atoms with Crippen LogP contribution < -0.4 is 15.8 Å². The summed E-state index contributed by atoms with van der Waals surface area (Å²) in [5, 5.41) is 3.34. The highest BCUT2D eigenvalue weighted by molar-refractivity contribution is 6.33. The fourth-order valence-electron chi connectivity index (χ4n) is 3.85. The molecule has 2 aliphatic rings. The van der Waals surface area contributed by atoms with E-state index >= 15 is 0 Å². The monoisotopic (exact) mass is 425 g/mol. The largest absolute Gasteiger partial charge is 0.486 e. The van der Waals surface area contributed by atoms with Crippen molar-refractivity contribution in [2.45, 2.75) is 51.4 Å². The molecule has 0 bridgehead atoms. The average Bonchev–Trinajstić information content (AvgIpc) is 3.00. The third kappa shape index (κ3) is 4.38. The van der Waals surface area contributed by atoms with E-state index in [9.17, 15) is 9.59 Å². The zero-order valence-corrected chi connectivity index (χ0v) is 18.0. The molecular formula is C20H28ClN3O5. The first kappa shape index (κ1) is 21.5. The SMILES string of the molecule is CCOC(=O)N1CCC(NC(=O)c2cc(Cl)c(N)c3c2OC(C)(C)C3)C(OC)C1. The summed E-state index contributed by atoms with van der Waals surface area (Å²) in [5.41, 5.74) is 7.20. The number of rotatable bonds is 4. The summed E-state index contributed by atoms with van der Waals surface area (Å²) in [4.78, 5) is 26.6. The first-order valence-electron chi connectivity index (χ1n) is 9.72. The van der Waals surface area contributed by atoms with Crippen molar-refractivity contribution in [3.63, 3.8) is 0 Å². The van der Waals surface area contributed by atoms with Gasteiger partial charge in [-0.3, -0.25) is 4.79 Å². The lowest BCUT2D eigenvalue weighted by atomic mass is 9.98. The van der Waals surface area contributed by atoms with E-state index in [0.29, 0.717) is 54.6 Å². The molecular weight excluding hydrogens is 398 g/mol. The van der Waals surface area contributed by atoms with Gasteiger partial charge in [0.05, 0.1) is 41.6 Å². The third-order valence-electron chi connectivity index (χ3n) is 5.30. The summed E-state index contributed by atoms with van der Waals surface area (Å²) in [6.07, 6.45) is 0.387. The topological polar surface area (TPSA) is 103 Å². The van der Waals surface area contributed by atoms with Crippen LogP contribution >= 0.6 is 11.6 Å². The Morgan fingerprint density at radius 1 is 1.45 bits per heavy atom. The molecule has 2 amide bonds. The number of nitrogens with two attached hydrogens (primary N) is 1. The minimum absolute atomic E-state index is 0.264. The Labute approximate surface area is 175 Å². The summed E-state index contributed by atoms with van der Waals surface area (Å²) in [6.45, 7) is 6.76. The lowest BCUT2D eigenvalue weighted by Gasteiger charge is -2.37. The fraction of sp³-hybridized carbons (Fsp3) is 0.600. The summed E-state index contributed by atoms with van der Waals surface area (Å²) >= 11 is 6.27. The molecule has 3 N–H and O–H groups in total. The highest BCUT2D eigenvalue weighted by atomic mass is 35.5. The van der Waals surface area contributed by atoms with Crippen LogP contribution in [0.3, 0.4) is 0 Å². The van der Waals surface area contributed by atoms with Gasteiger partial charge in [-0.2, -0.15) is 0 Å². The molecule has 0 radical (unpaired) electrons. The minimum atomic E-state index is -0.462. The average molecular weight is 426 g/mol. The Kier molecular flexibility index (Phi) is 6.14. The minimum Gasteiger partial charge on any atom is -0.486 e. The molecule has 2 atom stereocenters. The van der Waals surface area contributed by atoms with Crippen LogP contribution in [0.25, 0.3) is 0 Å². The molecule has 1 aromatic rings. The van der Waals surface area contributed by atoms with Crippen LogP contribution in [0.4, 0.5) is 10.5 Å². The lowest BCUT2D eigenvalue weighted by molar-refractivity contribution is 0.00450. The number of nitrogens with zero attached hydrogens (tertiary/aromatic N) is 1. The second-order valence-electron chi connectivity index (χ2n) is 7.95. The number of carbonyl (C=O) groups excluding carboxylic acids is 2. The van der Waals surface area contributed by atoms with Crippen molar-refractivity contribution >= 4 is 29.3 Å². The smallest absolute Gasteiger partial charge is 0.409 e. The molecule has 2 heterocycles. The molecule has 160 valence electrons. The summed E-state index contributed by atoms with van der Waals surface area (Å²) in [5.74, 6) is 0.171. The predicted octanol–water partition coefficient (Wildman–Crippen LogP) is 2.61. The Bertz CT molecular complexity index is 814. The van der Waals surface area contributed by atoms with Crippen LogP contribution in [0.2, 0.25) is 5.02 Å². The second kappa shape index (κ2) is 8.28. The second-order valence-corrected chi connectivity index (χ2v) is 8.36. The Morgan fingerprint density at radius 3 is 2.83 bits per heavy atom. The van der Waals surface area contributed by atoms with Crippen molar-refractivity contribution in [1.82, 2.24) is 10.2 Å². The van der Waals surface area contributed by atoms with E-state index in [1.165, 1.54) is 0 Å². The van der Waals surface area contributed by atoms with Crippen molar-refractivity contribution in [1.29, 1.82) is 0 Å². The molecule has 1 saturated heterocycles. The number of amides is 2. The molecule has 0 spiro atoms. The highest BCUT2D eigenvalue weighted by Gasteiger charge is 2.38. The number of likely N-dealkylation sites (tertiary alicyclic amines) is 1. The molecule has 1 fully saturated rings. The van der Waals surface area contributed by atoms with Crippen LogP contribution in [0.15, 0.2) is 6.07 Å². The van der Waals surface area contributed by atoms with E-state index in [-0.39, 0.29) is 24.1 Å². The van der Waals surface area contributed by atoms with E-state index in [2.05, 4.69) is 5.32 Å². The number of halogens is 1. The zero-order valence-electron chi connectivity index (χ0n) is 17.2. The Balaban J connectivity index is 1.77. The Hall–Kier alpha value is -2.19. The van der Waals surface area contributed by atoms with Crippen LogP contribution in [0.5, 0.6) is 5.75 Å². The highest BCUT2D eigenvalue weighted by Crippen LogP contribution is 2.44. The van der Waals surface area contributed by atoms with Gasteiger partial charge in [0.25, 0.3) is 5.91 Å². The molecule has 2 unspecified atom stereocenters. The van der Waals surface area contributed by atoms with Crippen LogP contribution in [-0.4, -0.2) is 61.5 Å². The van der Waals surface area contributed by atoms with Gasteiger partial charge in [0.2, 0.25) is 0 Å². The number of nitrogens with one attached hydrogen (secondary N) is 1. The van der Waals surface area contributed by atoms with E-state index in [4.69, 9.17) is 31.5 Å². The fourth-order valence-corrected chi connectivity index (χ4v) is 4.07. The van der Waals surface area contributed by atoms with Gasteiger partial charge in [-0.05, 0) is 33.3 Å². The number of carbonyl (C=O) groups is 2. The number of benzene rings is 1. The molecule has 1 aromatic carbocycles.